The van der Waals surface area contributed by atoms with Gasteiger partial charge in [-0.1, -0.05) is 168 Å². The topological polar surface area (TPSA) is 398 Å². The van der Waals surface area contributed by atoms with E-state index in [1.54, 1.807) is 75.5 Å². The molecule has 0 aliphatic carbocycles. The molecule has 0 spiro atoms. The number of rotatable bonds is 12. The van der Waals surface area contributed by atoms with Crippen LogP contribution in [0.2, 0.25) is 0 Å². The van der Waals surface area contributed by atoms with E-state index in [9.17, 15) is 0 Å². The molecule has 0 N–H and O–H groups in total. The van der Waals surface area contributed by atoms with Gasteiger partial charge < -0.3 is 18.0 Å². The number of hydrogen-bond acceptors (Lipinski definition) is 32. The molecule has 34 nitrogen and oxygen atoms in total. The van der Waals surface area contributed by atoms with Crippen LogP contribution in [0.5, 0.6) is 0 Å². The van der Waals surface area contributed by atoms with Gasteiger partial charge in [-0.15, -0.1) is 62.3 Å². The van der Waals surface area contributed by atoms with Crippen LogP contribution < -0.4 is 0 Å². The van der Waals surface area contributed by atoms with Crippen LogP contribution in [-0.4, -0.2) is 156 Å². The molecule has 0 saturated carbocycles. The monoisotopic (exact) mass is 1620 g/mol. The molecule has 0 radical (unpaired) electrons. The lowest BCUT2D eigenvalue weighted by molar-refractivity contribution is 0.362. The number of nitrogens with zero attached hydrogens (tertiary/aromatic N) is 31. The second-order valence-electron chi connectivity index (χ2n) is 26.7. The fourth-order valence-electron chi connectivity index (χ4n) is 6.61. The minimum Gasteiger partial charge on any atom is -0.425 e. The summed E-state index contributed by atoms with van der Waals surface area (Å²) in [5.74, 6) is 10.8. The van der Waals surface area contributed by atoms with E-state index < -0.39 is 0 Å². The molecule has 0 fully saturated rings. The lowest BCUT2D eigenvalue weighted by Crippen LogP contribution is -2.04. The molecule has 1 aliphatic rings. The summed E-state index contributed by atoms with van der Waals surface area (Å²) in [6.07, 6.45) is 13.0. The van der Waals surface area contributed by atoms with E-state index in [-0.39, 0.29) is 0 Å². The van der Waals surface area contributed by atoms with E-state index in [4.69, 9.17) is 13.5 Å². The first-order valence-electron chi connectivity index (χ1n) is 38.8. The Kier molecular flexibility index (Phi) is 63.0. The molecule has 0 bridgehead atoms. The Morgan fingerprint density at radius 1 is 0.429 bits per heavy atom. The highest BCUT2D eigenvalue weighted by Gasteiger charge is 2.10. The molecule has 112 heavy (non-hydrogen) atoms. The van der Waals surface area contributed by atoms with E-state index in [0.717, 1.165) is 55.6 Å². The molecule has 0 atom stereocenters. The maximum absolute atomic E-state index is 5.12. The summed E-state index contributed by atoms with van der Waals surface area (Å²) < 4.78 is 30.3. The zero-order chi connectivity index (χ0) is 86.8. The lowest BCUT2D eigenvalue weighted by Gasteiger charge is -2.02. The standard InChI is InChI=1S/3C6H10N2O.3C6H10N2S.C6H10N2.2C5H10N4.3C5H9N3.4C2H6/c1-4(2)6-8-7-5(3)9-6;1-4(2)6-7-5(3)9-8-6;1-4(2)6-7-5(3)8-9-6;1-4(2)6-8-7-5(3)9-6;1-4(2)6-7-5(3)9-8-6;1-4(2)6-7-5(3)8-9-6;1-5(2)6-3-4-7-8-6;1-4(2)9-5(3)6-7-8-9;1-4(2)9-7-5(3)6-8-9;1-5(2)8-3-6-7-4-8;1-5(2)8-4-6-3-7-8;1-5(2)8-4-3-6-7-8;4*1-2/h6*4H,1-3H3;4-5H,3H2,1-2H3;2*4H,1-3H3;3*3-5H,1-2H3;4*1-2H3. The first-order valence-corrected chi connectivity index (χ1v) is 41.1. The Labute approximate surface area is 681 Å². The van der Waals surface area contributed by atoms with Crippen LogP contribution >= 0.6 is 34.4 Å². The van der Waals surface area contributed by atoms with E-state index >= 15 is 0 Å². The number of aromatic nitrogens is 29. The van der Waals surface area contributed by atoms with Gasteiger partial charge >= 0.3 is 0 Å². The molecule has 12 rings (SSSR count). The fraction of sp³-hybridized carbons (Fsp3) is 0.707. The number of tetrazole rings is 2. The van der Waals surface area contributed by atoms with Crippen LogP contribution in [0.1, 0.15) is 372 Å². The Bertz CT molecular complexity index is 3390. The molecule has 11 aromatic rings. The Balaban J connectivity index is -0.000000563. The summed E-state index contributed by atoms with van der Waals surface area (Å²) in [5.41, 5.74) is 1.20. The Hall–Kier alpha value is -9.00. The van der Waals surface area contributed by atoms with Gasteiger partial charge in [-0.05, 0) is 155 Å². The van der Waals surface area contributed by atoms with Crippen molar-refractivity contribution in [2.24, 2.45) is 16.1 Å². The van der Waals surface area contributed by atoms with Crippen LogP contribution in [0.4, 0.5) is 0 Å². The van der Waals surface area contributed by atoms with Gasteiger partial charge in [0.25, 0.3) is 0 Å². The SMILES string of the molecule is CC.CC.CC.CC.CC(C)C1=NN=CC1.CC(C)n1ccnn1.CC(C)n1cncn1.CC(C)n1cnnc1.Cc1nc(C(C)C)no1.Cc1nc(C(C)C)ns1.Cc1nnc(C(C)C)o1.Cc1nnc(C(C)C)s1.Cc1nnn(C(C)C)n1.Cc1nnnn1C(C)C.Cc1noc(C(C)C)n1.Cc1nsc(C(C)C)n1. The third kappa shape index (κ3) is 51.5. The summed E-state index contributed by atoms with van der Waals surface area (Å²) in [7, 11) is 0. The van der Waals surface area contributed by atoms with Crippen LogP contribution in [-0.2, 0) is 0 Å². The second-order valence-corrected chi connectivity index (χ2v) is 29.6. The van der Waals surface area contributed by atoms with Crippen molar-refractivity contribution in [1.82, 2.24) is 144 Å². The molecular formula is C75H141N31O3S3. The summed E-state index contributed by atoms with van der Waals surface area (Å²) >= 11 is 4.64. The minimum atomic E-state index is 0.311. The van der Waals surface area contributed by atoms with Gasteiger partial charge in [0, 0.05) is 92.0 Å². The van der Waals surface area contributed by atoms with Gasteiger partial charge in [-0.3, -0.25) is 9.36 Å². The summed E-state index contributed by atoms with van der Waals surface area (Å²) in [6.45, 7) is 80.6. The summed E-state index contributed by atoms with van der Waals surface area (Å²) in [6, 6.07) is 2.01. The van der Waals surface area contributed by atoms with Gasteiger partial charge in [-0.2, -0.15) is 38.8 Å². The Morgan fingerprint density at radius 3 is 1.23 bits per heavy atom. The number of aryl methyl sites for hydroxylation is 8. The van der Waals surface area contributed by atoms with Crippen molar-refractivity contribution in [2.75, 3.05) is 0 Å². The van der Waals surface area contributed by atoms with E-state index in [1.165, 1.54) is 28.8 Å². The predicted molar refractivity (Wildman–Crippen MR) is 453 cm³/mol. The van der Waals surface area contributed by atoms with E-state index in [2.05, 4.69) is 228 Å². The summed E-state index contributed by atoms with van der Waals surface area (Å²) in [5, 5.41) is 76.0. The molecule has 12 heterocycles. The van der Waals surface area contributed by atoms with Crippen molar-refractivity contribution in [1.29, 1.82) is 0 Å². The van der Waals surface area contributed by atoms with Crippen molar-refractivity contribution in [3.63, 3.8) is 0 Å². The molecule has 0 amide bonds. The molecule has 632 valence electrons. The smallest absolute Gasteiger partial charge is 0.229 e. The molecule has 11 aromatic heterocycles. The van der Waals surface area contributed by atoms with Crippen LogP contribution in [0, 0.1) is 61.3 Å². The summed E-state index contributed by atoms with van der Waals surface area (Å²) in [4.78, 5) is 21.9. The molecule has 0 aromatic carbocycles. The number of hydrogen-bond donors (Lipinski definition) is 0. The zero-order valence-electron chi connectivity index (χ0n) is 75.5. The quantitative estimate of drug-likeness (QED) is 0.110. The fourth-order valence-corrected chi connectivity index (χ4v) is 8.57. The molecular weight excluding hydrogens is 1480 g/mol. The first kappa shape index (κ1) is 109. The molecule has 0 saturated heterocycles. The highest BCUT2D eigenvalue weighted by molar-refractivity contribution is 7.11. The van der Waals surface area contributed by atoms with Crippen molar-refractivity contribution < 1.29 is 13.5 Å². The van der Waals surface area contributed by atoms with Crippen LogP contribution in [0.3, 0.4) is 0 Å². The highest BCUT2D eigenvalue weighted by Crippen LogP contribution is 2.19. The van der Waals surface area contributed by atoms with Crippen molar-refractivity contribution in [3.8, 4) is 0 Å². The predicted octanol–water partition coefficient (Wildman–Crippen LogP) is 19.7. The first-order chi connectivity index (χ1) is 52.8. The van der Waals surface area contributed by atoms with Gasteiger partial charge in [0.15, 0.2) is 17.5 Å². The maximum Gasteiger partial charge on any atom is 0.229 e. The Morgan fingerprint density at radius 2 is 1.02 bits per heavy atom. The van der Waals surface area contributed by atoms with Gasteiger partial charge in [0.1, 0.15) is 62.8 Å². The third-order valence-electron chi connectivity index (χ3n) is 12.6. The van der Waals surface area contributed by atoms with Crippen molar-refractivity contribution >= 4 is 46.3 Å². The molecule has 37 heteroatoms. The largest absolute Gasteiger partial charge is 0.425 e. The maximum atomic E-state index is 5.12. The average Bonchev–Trinajstić information content (AvgIpc) is 1.78. The van der Waals surface area contributed by atoms with E-state index in [0.29, 0.717) is 101 Å². The van der Waals surface area contributed by atoms with Gasteiger partial charge in [0.05, 0.1) is 18.3 Å². The van der Waals surface area contributed by atoms with Crippen LogP contribution in [0.25, 0.3) is 0 Å². The third-order valence-corrected chi connectivity index (χ3v) is 15.5. The van der Waals surface area contributed by atoms with Crippen molar-refractivity contribution in [3.05, 3.63) is 116 Å². The average molecular weight is 1620 g/mol. The molecule has 1 aliphatic heterocycles. The second kappa shape index (κ2) is 64.5. The lowest BCUT2D eigenvalue weighted by atomic mass is 10.1. The zero-order valence-corrected chi connectivity index (χ0v) is 77.9. The van der Waals surface area contributed by atoms with Gasteiger partial charge in [0.2, 0.25) is 23.6 Å². The van der Waals surface area contributed by atoms with E-state index in [1.807, 2.05) is 183 Å². The minimum absolute atomic E-state index is 0.311. The molecule has 0 unspecified atom stereocenters. The van der Waals surface area contributed by atoms with Gasteiger partial charge in [-0.25, -0.2) is 19.6 Å². The highest BCUT2D eigenvalue weighted by atomic mass is 32.1. The van der Waals surface area contributed by atoms with Crippen LogP contribution in [0.15, 0.2) is 61.4 Å². The van der Waals surface area contributed by atoms with Crippen molar-refractivity contribution in [2.45, 2.75) is 349 Å². The normalized spacial score (nSPS) is 10.6.